The summed E-state index contributed by atoms with van der Waals surface area (Å²) in [5, 5.41) is 35.0. The van der Waals surface area contributed by atoms with E-state index in [0.717, 1.165) is 49.1 Å². The van der Waals surface area contributed by atoms with E-state index in [9.17, 15) is 44.1 Å². The second-order valence-electron chi connectivity index (χ2n) is 9.92. The van der Waals surface area contributed by atoms with Crippen molar-refractivity contribution in [3.05, 3.63) is 81.3 Å². The van der Waals surface area contributed by atoms with Gasteiger partial charge in [-0.3, -0.25) is 28.9 Å². The van der Waals surface area contributed by atoms with Crippen molar-refractivity contribution in [3.63, 3.8) is 0 Å². The number of nitrogens with zero attached hydrogens (tertiary/aromatic N) is 1. The van der Waals surface area contributed by atoms with Crippen LogP contribution in [0.5, 0.6) is 11.5 Å². The summed E-state index contributed by atoms with van der Waals surface area (Å²) < 4.78 is 15.7. The first-order valence-electron chi connectivity index (χ1n) is 13.1. The van der Waals surface area contributed by atoms with Gasteiger partial charge in [-0.25, -0.2) is 4.79 Å². The molecule has 3 aromatic rings. The minimum atomic E-state index is -2.04. The van der Waals surface area contributed by atoms with Gasteiger partial charge in [0.1, 0.15) is 46.9 Å². The molecule has 1 saturated heterocycles. The molecular weight excluding hydrogens is 637 g/mol. The van der Waals surface area contributed by atoms with Gasteiger partial charge < -0.3 is 39.8 Å². The van der Waals surface area contributed by atoms with Crippen LogP contribution in [0.1, 0.15) is 28.9 Å². The molecule has 0 radical (unpaired) electrons. The fourth-order valence-electron chi connectivity index (χ4n) is 4.96. The zero-order valence-corrected chi connectivity index (χ0v) is 27.3. The Kier molecular flexibility index (Phi) is 10.2. The Labute approximate surface area is 285 Å². The topological polar surface area (TPSA) is 225 Å². The van der Waals surface area contributed by atoms with Gasteiger partial charge in [0.25, 0.3) is 17.5 Å². The average molecular weight is 662 g/mol. The molecule has 0 saturated carbocycles. The quantitative estimate of drug-likeness (QED) is 0.0795. The zero-order valence-electron chi connectivity index (χ0n) is 24.5. The number of phenols is 1. The van der Waals surface area contributed by atoms with Crippen molar-refractivity contribution in [1.82, 2.24) is 15.5 Å². The summed E-state index contributed by atoms with van der Waals surface area (Å²) in [4.78, 5) is 78.0. The molecule has 2 aliphatic heterocycles. The van der Waals surface area contributed by atoms with Gasteiger partial charge in [-0.05, 0) is 17.7 Å². The van der Waals surface area contributed by atoms with Gasteiger partial charge >= 0.3 is 41.5 Å². The predicted molar refractivity (Wildman–Crippen MR) is 153 cm³/mol. The zero-order chi connectivity index (χ0) is 32.6. The van der Waals surface area contributed by atoms with Crippen LogP contribution in [-0.2, 0) is 28.7 Å². The van der Waals surface area contributed by atoms with E-state index in [4.69, 9.17) is 13.9 Å². The molecule has 4 N–H and O–H groups in total. The number of nitrogens with one attached hydrogen (secondary N) is 2. The molecule has 15 nitrogen and oxygen atoms in total. The number of fused-ring (bicyclic) bond motifs is 2. The van der Waals surface area contributed by atoms with E-state index in [1.54, 1.807) is 18.2 Å². The Morgan fingerprint density at radius 1 is 1.20 bits per heavy atom. The van der Waals surface area contributed by atoms with E-state index >= 15 is 0 Å². The SMILES string of the molecule is CO[C@@]1(NC(=O)C(NC(=O)c2coc3cc([O-])c(O)cc3c2=O)c2ccccc2)C(=O)N2C(C(=O)O)=C(COC(C)=O)CS[C@H]21.[Na+]. The molecule has 3 heterocycles. The van der Waals surface area contributed by atoms with Gasteiger partial charge in [-0.15, -0.1) is 11.8 Å². The number of carboxylic acid groups (broad SMARTS) is 1. The molecule has 2 aromatic carbocycles. The number of carbonyl (C=O) groups is 5. The van der Waals surface area contributed by atoms with Gasteiger partial charge in [0.2, 0.25) is 11.3 Å². The standard InChI is InChI=1S/C29H25N3O12S.Na/c1-13(33)43-10-15-12-45-28-29(42-2,27(41)32(28)22(15)26(39)40)31-25(38)21(14-6-4-3-5-7-14)30-24(37)17-11-44-20-9-19(35)18(34)8-16(20)23(17)36;/h3-9,11,21,28,34-35H,10,12H2,1-2H3,(H,30,37)(H,31,38)(H,39,40);/q;+1/p-1/t21?,28-,29-;/m0./s1. The molecule has 0 spiro atoms. The molecule has 0 bridgehead atoms. The van der Waals surface area contributed by atoms with Crippen molar-refractivity contribution < 1.29 is 82.7 Å². The fraction of sp³-hybridized carbons (Fsp3) is 0.241. The number of hydrogen-bond donors (Lipinski definition) is 4. The monoisotopic (exact) mass is 661 g/mol. The number of carbonyl (C=O) groups excluding carboxylic acids is 4. The van der Waals surface area contributed by atoms with Crippen molar-refractivity contribution in [3.8, 4) is 11.5 Å². The third kappa shape index (κ3) is 6.09. The second kappa shape index (κ2) is 13.6. The number of phenolic OH excluding ortho intramolecular Hbond substituents is 1. The normalized spacial score (nSPS) is 19.3. The number of β-lactam (4-membered cyclic amide) rings is 1. The van der Waals surface area contributed by atoms with E-state index < -0.39 is 75.0 Å². The van der Waals surface area contributed by atoms with Crippen LogP contribution in [0.4, 0.5) is 0 Å². The third-order valence-corrected chi connectivity index (χ3v) is 8.54. The maximum absolute atomic E-state index is 13.8. The minimum Gasteiger partial charge on any atom is -0.870 e. The summed E-state index contributed by atoms with van der Waals surface area (Å²) in [6, 6.07) is 8.12. The molecule has 17 heteroatoms. The number of aromatic hydroxyl groups is 1. The van der Waals surface area contributed by atoms with Crippen LogP contribution in [0.15, 0.2) is 69.2 Å². The Bertz CT molecular complexity index is 1850. The number of thioether (sulfide) groups is 1. The average Bonchev–Trinajstić information content (AvgIpc) is 3.02. The Morgan fingerprint density at radius 2 is 1.89 bits per heavy atom. The molecule has 3 amide bonds. The summed E-state index contributed by atoms with van der Waals surface area (Å²) in [6.45, 7) is 0.804. The summed E-state index contributed by atoms with van der Waals surface area (Å²) in [6.07, 6.45) is 0.812. The molecule has 0 aliphatic carbocycles. The molecular formula is C29H24N3NaO12S. The maximum atomic E-state index is 13.8. The van der Waals surface area contributed by atoms with Crippen LogP contribution in [0.3, 0.4) is 0 Å². The molecule has 1 fully saturated rings. The smallest absolute Gasteiger partial charge is 0.870 e. The molecule has 2 aliphatic rings. The van der Waals surface area contributed by atoms with E-state index in [1.807, 2.05) is 0 Å². The summed E-state index contributed by atoms with van der Waals surface area (Å²) in [5.74, 6) is -6.47. The van der Waals surface area contributed by atoms with Gasteiger partial charge in [0.05, 0.1) is 5.39 Å². The van der Waals surface area contributed by atoms with E-state index in [2.05, 4.69) is 10.6 Å². The van der Waals surface area contributed by atoms with Crippen LogP contribution < -0.4 is 50.7 Å². The number of carboxylic acids is 1. The molecule has 46 heavy (non-hydrogen) atoms. The van der Waals surface area contributed by atoms with Crippen molar-refractivity contribution >= 4 is 52.4 Å². The van der Waals surface area contributed by atoms with Crippen molar-refractivity contribution in [2.75, 3.05) is 19.5 Å². The number of hydrogen-bond acceptors (Lipinski definition) is 12. The summed E-state index contributed by atoms with van der Waals surface area (Å²) >= 11 is 1.06. The summed E-state index contributed by atoms with van der Waals surface area (Å²) in [7, 11) is 1.15. The fourth-order valence-corrected chi connectivity index (χ4v) is 6.38. The first-order valence-corrected chi connectivity index (χ1v) is 14.2. The first kappa shape index (κ1) is 34.5. The van der Waals surface area contributed by atoms with Gasteiger partial charge in [0, 0.05) is 25.4 Å². The van der Waals surface area contributed by atoms with Crippen LogP contribution in [0.2, 0.25) is 0 Å². The van der Waals surface area contributed by atoms with Gasteiger partial charge in [0.15, 0.2) is 0 Å². The van der Waals surface area contributed by atoms with Crippen LogP contribution >= 0.6 is 11.8 Å². The minimum absolute atomic E-state index is 0. The predicted octanol–water partition coefficient (Wildman–Crippen LogP) is -2.68. The number of methoxy groups -OCH3 is 1. The van der Waals surface area contributed by atoms with Crippen molar-refractivity contribution in [2.45, 2.75) is 24.1 Å². The Morgan fingerprint density at radius 3 is 2.52 bits per heavy atom. The molecule has 1 unspecified atom stereocenters. The van der Waals surface area contributed by atoms with Crippen molar-refractivity contribution in [2.24, 2.45) is 0 Å². The number of ether oxygens (including phenoxy) is 2. The molecule has 3 atom stereocenters. The molecule has 5 rings (SSSR count). The van der Waals surface area contributed by atoms with Crippen LogP contribution in [0.25, 0.3) is 11.0 Å². The Hall–Kier alpha value is -4.35. The number of aliphatic carboxylic acids is 1. The van der Waals surface area contributed by atoms with E-state index in [0.29, 0.717) is 0 Å². The van der Waals surface area contributed by atoms with Gasteiger partial charge in [-0.1, -0.05) is 36.1 Å². The van der Waals surface area contributed by atoms with Crippen LogP contribution in [-0.4, -0.2) is 75.3 Å². The number of amides is 3. The van der Waals surface area contributed by atoms with E-state index in [1.165, 1.54) is 12.1 Å². The van der Waals surface area contributed by atoms with Gasteiger partial charge in [-0.2, -0.15) is 0 Å². The largest absolute Gasteiger partial charge is 1.00 e. The third-order valence-electron chi connectivity index (χ3n) is 7.16. The maximum Gasteiger partial charge on any atom is 1.00 e. The number of benzene rings is 2. The second-order valence-corrected chi connectivity index (χ2v) is 11.0. The first-order chi connectivity index (χ1) is 21.4. The molecule has 234 valence electrons. The van der Waals surface area contributed by atoms with E-state index in [-0.39, 0.29) is 64.0 Å². The number of esters is 1. The Balaban J connectivity index is 0.00000480. The molecule has 1 aromatic heterocycles. The van der Waals surface area contributed by atoms with Crippen molar-refractivity contribution in [1.29, 1.82) is 0 Å². The summed E-state index contributed by atoms with van der Waals surface area (Å²) in [5.41, 5.74) is -3.61. The van der Waals surface area contributed by atoms with Crippen LogP contribution in [0, 0.1) is 0 Å². The number of rotatable bonds is 9.